The van der Waals surface area contributed by atoms with Crippen LogP contribution in [0.1, 0.15) is 12.8 Å². The Morgan fingerprint density at radius 1 is 1.14 bits per heavy atom. The molecule has 0 saturated carbocycles. The SMILES string of the molecule is O=C(C1CC=CC1)N1CCN(CCn2ncccc2=O)CC1. The number of piperazine rings is 1. The maximum Gasteiger partial charge on any atom is 0.266 e. The van der Waals surface area contributed by atoms with E-state index in [1.54, 1.807) is 12.3 Å². The molecular formula is C16H22N4O2. The van der Waals surface area contributed by atoms with Crippen LogP contribution in [0, 0.1) is 5.92 Å². The first-order chi connectivity index (χ1) is 10.7. The van der Waals surface area contributed by atoms with E-state index in [2.05, 4.69) is 22.2 Å². The molecular weight excluding hydrogens is 280 g/mol. The highest BCUT2D eigenvalue weighted by molar-refractivity contribution is 5.79. The third kappa shape index (κ3) is 3.44. The number of rotatable bonds is 4. The summed E-state index contributed by atoms with van der Waals surface area (Å²) in [4.78, 5) is 28.2. The van der Waals surface area contributed by atoms with E-state index >= 15 is 0 Å². The third-order valence-corrected chi connectivity index (χ3v) is 4.45. The van der Waals surface area contributed by atoms with Crippen molar-refractivity contribution in [2.24, 2.45) is 5.92 Å². The van der Waals surface area contributed by atoms with Gasteiger partial charge >= 0.3 is 0 Å². The first-order valence-corrected chi connectivity index (χ1v) is 7.92. The van der Waals surface area contributed by atoms with E-state index in [9.17, 15) is 9.59 Å². The predicted octanol–water partition coefficient (Wildman–Crippen LogP) is 0.354. The molecule has 1 aliphatic heterocycles. The van der Waals surface area contributed by atoms with Crippen molar-refractivity contribution in [2.45, 2.75) is 19.4 Å². The quantitative estimate of drug-likeness (QED) is 0.753. The van der Waals surface area contributed by atoms with E-state index in [0.29, 0.717) is 12.5 Å². The number of carbonyl (C=O) groups is 1. The summed E-state index contributed by atoms with van der Waals surface area (Å²) in [7, 11) is 0. The van der Waals surface area contributed by atoms with Crippen molar-refractivity contribution in [3.63, 3.8) is 0 Å². The van der Waals surface area contributed by atoms with E-state index in [1.165, 1.54) is 10.7 Å². The maximum absolute atomic E-state index is 12.3. The molecule has 22 heavy (non-hydrogen) atoms. The summed E-state index contributed by atoms with van der Waals surface area (Å²) in [6.07, 6.45) is 7.61. The average Bonchev–Trinajstić information content (AvgIpc) is 3.08. The van der Waals surface area contributed by atoms with Crippen LogP contribution in [-0.2, 0) is 11.3 Å². The van der Waals surface area contributed by atoms with Crippen molar-refractivity contribution in [3.8, 4) is 0 Å². The summed E-state index contributed by atoms with van der Waals surface area (Å²) in [5.41, 5.74) is -0.0648. The number of aromatic nitrogens is 2. The molecule has 0 aromatic carbocycles. The van der Waals surface area contributed by atoms with Crippen LogP contribution >= 0.6 is 0 Å². The van der Waals surface area contributed by atoms with Gasteiger partial charge in [0.2, 0.25) is 5.91 Å². The Balaban J connectivity index is 1.45. The zero-order valence-electron chi connectivity index (χ0n) is 12.7. The summed E-state index contributed by atoms with van der Waals surface area (Å²) >= 11 is 0. The predicted molar refractivity (Wildman–Crippen MR) is 83.4 cm³/mol. The van der Waals surface area contributed by atoms with Crippen molar-refractivity contribution < 1.29 is 4.79 Å². The van der Waals surface area contributed by atoms with Crippen molar-refractivity contribution in [1.29, 1.82) is 0 Å². The Bertz CT molecular complexity index is 594. The van der Waals surface area contributed by atoms with Crippen molar-refractivity contribution in [3.05, 3.63) is 40.8 Å². The van der Waals surface area contributed by atoms with Gasteiger partial charge in [-0.3, -0.25) is 14.5 Å². The molecule has 1 amide bonds. The van der Waals surface area contributed by atoms with Gasteiger partial charge in [0.1, 0.15) is 0 Å². The lowest BCUT2D eigenvalue weighted by atomic mass is 10.1. The van der Waals surface area contributed by atoms with Gasteiger partial charge in [-0.1, -0.05) is 12.2 Å². The number of hydrogen-bond donors (Lipinski definition) is 0. The van der Waals surface area contributed by atoms with Gasteiger partial charge in [-0.05, 0) is 18.9 Å². The molecule has 3 rings (SSSR count). The largest absolute Gasteiger partial charge is 0.340 e. The van der Waals surface area contributed by atoms with Crippen LogP contribution in [0.25, 0.3) is 0 Å². The van der Waals surface area contributed by atoms with Crippen LogP contribution in [0.2, 0.25) is 0 Å². The molecule has 2 aliphatic rings. The van der Waals surface area contributed by atoms with Crippen molar-refractivity contribution in [1.82, 2.24) is 19.6 Å². The van der Waals surface area contributed by atoms with E-state index < -0.39 is 0 Å². The second-order valence-electron chi connectivity index (χ2n) is 5.89. The Morgan fingerprint density at radius 2 is 1.86 bits per heavy atom. The van der Waals surface area contributed by atoms with Gasteiger partial charge in [0.15, 0.2) is 0 Å². The highest BCUT2D eigenvalue weighted by Crippen LogP contribution is 2.21. The fourth-order valence-corrected chi connectivity index (χ4v) is 3.06. The highest BCUT2D eigenvalue weighted by atomic mass is 16.2. The van der Waals surface area contributed by atoms with Crippen LogP contribution in [0.4, 0.5) is 0 Å². The second-order valence-corrected chi connectivity index (χ2v) is 5.89. The molecule has 1 aromatic heterocycles. The zero-order chi connectivity index (χ0) is 15.4. The molecule has 1 saturated heterocycles. The first kappa shape index (κ1) is 15.0. The van der Waals surface area contributed by atoms with Crippen molar-refractivity contribution >= 4 is 5.91 Å². The minimum absolute atomic E-state index is 0.0648. The van der Waals surface area contributed by atoms with E-state index in [4.69, 9.17) is 0 Å². The molecule has 0 radical (unpaired) electrons. The van der Waals surface area contributed by atoms with Gasteiger partial charge in [-0.2, -0.15) is 5.10 Å². The van der Waals surface area contributed by atoms with E-state index in [-0.39, 0.29) is 11.5 Å². The van der Waals surface area contributed by atoms with Gasteiger partial charge < -0.3 is 4.90 Å². The summed E-state index contributed by atoms with van der Waals surface area (Å²) < 4.78 is 1.49. The molecule has 1 fully saturated rings. The number of hydrogen-bond acceptors (Lipinski definition) is 4. The standard InChI is InChI=1S/C16H22N4O2/c21-15-6-3-7-17-20(15)13-10-18-8-11-19(12-9-18)16(22)14-4-1-2-5-14/h1-3,6-7,14H,4-5,8-13H2. The van der Waals surface area contributed by atoms with Gasteiger partial charge in [0.25, 0.3) is 5.56 Å². The van der Waals surface area contributed by atoms with E-state index in [1.807, 2.05) is 4.90 Å². The van der Waals surface area contributed by atoms with Gasteiger partial charge in [-0.25, -0.2) is 4.68 Å². The Hall–Kier alpha value is -1.95. The third-order valence-electron chi connectivity index (χ3n) is 4.45. The van der Waals surface area contributed by atoms with Crippen molar-refractivity contribution in [2.75, 3.05) is 32.7 Å². The van der Waals surface area contributed by atoms with Gasteiger partial charge in [-0.15, -0.1) is 0 Å². The maximum atomic E-state index is 12.3. The lowest BCUT2D eigenvalue weighted by Gasteiger charge is -2.35. The van der Waals surface area contributed by atoms with E-state index in [0.717, 1.165) is 45.6 Å². The molecule has 0 spiro atoms. The zero-order valence-corrected chi connectivity index (χ0v) is 12.7. The summed E-state index contributed by atoms with van der Waals surface area (Å²) in [6.45, 7) is 4.70. The Kier molecular flexibility index (Phi) is 4.68. The molecule has 0 atom stereocenters. The molecule has 118 valence electrons. The number of amides is 1. The molecule has 1 aromatic rings. The lowest BCUT2D eigenvalue weighted by Crippen LogP contribution is -2.50. The topological polar surface area (TPSA) is 58.4 Å². The molecule has 0 N–H and O–H groups in total. The Morgan fingerprint density at radius 3 is 2.55 bits per heavy atom. The molecule has 1 aliphatic carbocycles. The van der Waals surface area contributed by atoms with Crippen LogP contribution in [0.15, 0.2) is 35.3 Å². The van der Waals surface area contributed by atoms with Crippen LogP contribution < -0.4 is 5.56 Å². The lowest BCUT2D eigenvalue weighted by molar-refractivity contribution is -0.136. The highest BCUT2D eigenvalue weighted by Gasteiger charge is 2.27. The second kappa shape index (κ2) is 6.87. The van der Waals surface area contributed by atoms with Crippen LogP contribution in [0.3, 0.4) is 0 Å². The number of carbonyl (C=O) groups excluding carboxylic acids is 1. The number of nitrogens with zero attached hydrogens (tertiary/aromatic N) is 4. The summed E-state index contributed by atoms with van der Waals surface area (Å²) in [5.74, 6) is 0.462. The average molecular weight is 302 g/mol. The summed E-state index contributed by atoms with van der Waals surface area (Å²) in [6, 6.07) is 3.18. The first-order valence-electron chi connectivity index (χ1n) is 7.92. The van der Waals surface area contributed by atoms with Gasteiger partial charge in [0, 0.05) is 50.9 Å². The molecule has 2 heterocycles. The fraction of sp³-hybridized carbons (Fsp3) is 0.562. The minimum Gasteiger partial charge on any atom is -0.340 e. The van der Waals surface area contributed by atoms with Crippen LogP contribution in [-0.4, -0.2) is 58.2 Å². The van der Waals surface area contributed by atoms with Crippen LogP contribution in [0.5, 0.6) is 0 Å². The van der Waals surface area contributed by atoms with Gasteiger partial charge in [0.05, 0.1) is 6.54 Å². The molecule has 0 unspecified atom stereocenters. The monoisotopic (exact) mass is 302 g/mol. The molecule has 6 nitrogen and oxygen atoms in total. The molecule has 0 bridgehead atoms. The minimum atomic E-state index is -0.0648. The summed E-state index contributed by atoms with van der Waals surface area (Å²) in [5, 5.41) is 4.06. The smallest absolute Gasteiger partial charge is 0.266 e. The Labute approximate surface area is 130 Å². The fourth-order valence-electron chi connectivity index (χ4n) is 3.06. The number of allylic oxidation sites excluding steroid dienone is 2. The molecule has 6 heteroatoms. The normalized spacial score (nSPS) is 19.7.